The highest BCUT2D eigenvalue weighted by Crippen LogP contribution is 2.41. The minimum Gasteiger partial charge on any atom is -0.400 e. The molecule has 1 saturated heterocycles. The van der Waals surface area contributed by atoms with Crippen molar-refractivity contribution in [3.63, 3.8) is 0 Å². The van der Waals surface area contributed by atoms with E-state index in [4.69, 9.17) is 9.31 Å². The lowest BCUT2D eigenvalue weighted by Crippen LogP contribution is -2.41. The summed E-state index contributed by atoms with van der Waals surface area (Å²) >= 11 is 0. The van der Waals surface area contributed by atoms with Gasteiger partial charge in [0, 0.05) is 0 Å². The molecule has 0 aromatic carbocycles. The van der Waals surface area contributed by atoms with Gasteiger partial charge in [-0.3, -0.25) is 0 Å². The van der Waals surface area contributed by atoms with Gasteiger partial charge in [-0.2, -0.15) is 0 Å². The smallest absolute Gasteiger partial charge is 0.400 e. The van der Waals surface area contributed by atoms with Crippen molar-refractivity contribution in [2.24, 2.45) is 11.8 Å². The van der Waals surface area contributed by atoms with Crippen molar-refractivity contribution in [2.75, 3.05) is 0 Å². The van der Waals surface area contributed by atoms with Crippen LogP contribution in [-0.4, -0.2) is 18.3 Å². The lowest BCUT2D eigenvalue weighted by molar-refractivity contribution is 0.00578. The predicted octanol–water partition coefficient (Wildman–Crippen LogP) is 4.00. The highest BCUT2D eigenvalue weighted by atomic mass is 16.7. The highest BCUT2D eigenvalue weighted by Gasteiger charge is 2.52. The molecular formula is C15H27BO2. The Balaban J connectivity index is 2.04. The SMILES string of the molecule is CC(C)C1CC=C(B2OC(C)(C)C(C)(C)O2)CC1. The highest BCUT2D eigenvalue weighted by molar-refractivity contribution is 6.54. The van der Waals surface area contributed by atoms with Gasteiger partial charge in [-0.15, -0.1) is 0 Å². The van der Waals surface area contributed by atoms with Gasteiger partial charge in [-0.25, -0.2) is 0 Å². The summed E-state index contributed by atoms with van der Waals surface area (Å²) in [4.78, 5) is 0. The Labute approximate surface area is 112 Å². The zero-order valence-corrected chi connectivity index (χ0v) is 12.7. The number of rotatable bonds is 2. The minimum atomic E-state index is -0.215. The van der Waals surface area contributed by atoms with E-state index in [0.29, 0.717) is 0 Å². The maximum Gasteiger partial charge on any atom is 0.490 e. The van der Waals surface area contributed by atoms with Gasteiger partial charge in [-0.1, -0.05) is 19.9 Å². The normalized spacial score (nSPS) is 30.7. The van der Waals surface area contributed by atoms with Gasteiger partial charge >= 0.3 is 7.12 Å². The van der Waals surface area contributed by atoms with E-state index in [1.54, 1.807) is 0 Å². The first kappa shape index (κ1) is 14.1. The van der Waals surface area contributed by atoms with Gasteiger partial charge in [0.2, 0.25) is 0 Å². The van der Waals surface area contributed by atoms with Crippen LogP contribution in [0.15, 0.2) is 11.5 Å². The molecule has 1 unspecified atom stereocenters. The molecule has 1 aliphatic heterocycles. The van der Waals surface area contributed by atoms with Crippen molar-refractivity contribution in [1.82, 2.24) is 0 Å². The van der Waals surface area contributed by atoms with E-state index in [2.05, 4.69) is 47.6 Å². The second-order valence-electron chi connectivity index (χ2n) is 7.15. The number of hydrogen-bond acceptors (Lipinski definition) is 2. The summed E-state index contributed by atoms with van der Waals surface area (Å²) in [6, 6.07) is 0. The van der Waals surface area contributed by atoms with Crippen LogP contribution < -0.4 is 0 Å². The van der Waals surface area contributed by atoms with Crippen LogP contribution in [0.5, 0.6) is 0 Å². The van der Waals surface area contributed by atoms with Crippen LogP contribution >= 0.6 is 0 Å². The molecule has 0 aromatic rings. The monoisotopic (exact) mass is 250 g/mol. The summed E-state index contributed by atoms with van der Waals surface area (Å²) in [7, 11) is -0.122. The van der Waals surface area contributed by atoms with Gasteiger partial charge < -0.3 is 9.31 Å². The lowest BCUT2D eigenvalue weighted by Gasteiger charge is -2.32. The topological polar surface area (TPSA) is 18.5 Å². The number of allylic oxidation sites excluding steroid dienone is 2. The molecule has 2 rings (SSSR count). The Bertz CT molecular complexity index is 328. The van der Waals surface area contributed by atoms with Crippen molar-refractivity contribution >= 4 is 7.12 Å². The average Bonchev–Trinajstić information content (AvgIpc) is 2.48. The standard InChI is InChI=1S/C15H27BO2/c1-11(2)12-7-9-13(10-8-12)16-17-14(3,4)15(5,6)18-16/h9,11-12H,7-8,10H2,1-6H3. The first-order chi connectivity index (χ1) is 8.23. The summed E-state index contributed by atoms with van der Waals surface area (Å²) in [6.45, 7) is 13.1. The van der Waals surface area contributed by atoms with Crippen molar-refractivity contribution in [3.8, 4) is 0 Å². The summed E-state index contributed by atoms with van der Waals surface area (Å²) < 4.78 is 12.2. The fourth-order valence-electron chi connectivity index (χ4n) is 2.69. The van der Waals surface area contributed by atoms with Crippen LogP contribution in [0.4, 0.5) is 0 Å². The molecule has 1 atom stereocenters. The Morgan fingerprint density at radius 1 is 1.17 bits per heavy atom. The second kappa shape index (κ2) is 4.68. The third-order valence-corrected chi connectivity index (χ3v) is 4.99. The molecule has 1 aliphatic carbocycles. The Morgan fingerprint density at radius 3 is 2.11 bits per heavy atom. The van der Waals surface area contributed by atoms with Gasteiger partial charge in [0.25, 0.3) is 0 Å². The molecule has 102 valence electrons. The molecule has 2 aliphatic rings. The summed E-state index contributed by atoms with van der Waals surface area (Å²) in [5.41, 5.74) is 0.923. The van der Waals surface area contributed by atoms with Gasteiger partial charge in [0.15, 0.2) is 0 Å². The first-order valence-electron chi connectivity index (χ1n) is 7.27. The molecule has 3 heteroatoms. The van der Waals surface area contributed by atoms with Crippen LogP contribution in [0.2, 0.25) is 0 Å². The molecule has 0 N–H and O–H groups in total. The predicted molar refractivity (Wildman–Crippen MR) is 76.3 cm³/mol. The molecule has 0 saturated carbocycles. The second-order valence-corrected chi connectivity index (χ2v) is 7.15. The van der Waals surface area contributed by atoms with E-state index in [0.717, 1.165) is 18.3 Å². The first-order valence-corrected chi connectivity index (χ1v) is 7.27. The zero-order valence-electron chi connectivity index (χ0n) is 12.7. The van der Waals surface area contributed by atoms with E-state index in [-0.39, 0.29) is 18.3 Å². The molecule has 18 heavy (non-hydrogen) atoms. The molecule has 0 aromatic heterocycles. The zero-order chi connectivity index (χ0) is 13.6. The molecule has 0 spiro atoms. The molecule has 0 bridgehead atoms. The maximum atomic E-state index is 6.11. The van der Waals surface area contributed by atoms with Crippen LogP contribution in [0, 0.1) is 11.8 Å². The summed E-state index contributed by atoms with van der Waals surface area (Å²) in [6.07, 6.45) is 5.93. The Morgan fingerprint density at radius 2 is 1.72 bits per heavy atom. The molecular weight excluding hydrogens is 223 g/mol. The van der Waals surface area contributed by atoms with E-state index in [9.17, 15) is 0 Å². The van der Waals surface area contributed by atoms with E-state index in [1.807, 2.05) is 0 Å². The van der Waals surface area contributed by atoms with Crippen LogP contribution in [0.3, 0.4) is 0 Å². The van der Waals surface area contributed by atoms with E-state index < -0.39 is 0 Å². The quantitative estimate of drug-likeness (QED) is 0.689. The Hall–Kier alpha value is -0.275. The fraction of sp³-hybridized carbons (Fsp3) is 0.867. The fourth-order valence-corrected chi connectivity index (χ4v) is 2.69. The van der Waals surface area contributed by atoms with Crippen molar-refractivity contribution < 1.29 is 9.31 Å². The van der Waals surface area contributed by atoms with Crippen molar-refractivity contribution in [2.45, 2.75) is 72.0 Å². The number of hydrogen-bond donors (Lipinski definition) is 0. The lowest BCUT2D eigenvalue weighted by atomic mass is 9.69. The molecule has 2 nitrogen and oxygen atoms in total. The third-order valence-electron chi connectivity index (χ3n) is 4.99. The van der Waals surface area contributed by atoms with E-state index >= 15 is 0 Å². The third kappa shape index (κ3) is 2.53. The largest absolute Gasteiger partial charge is 0.490 e. The van der Waals surface area contributed by atoms with Crippen LogP contribution in [-0.2, 0) is 9.31 Å². The average molecular weight is 250 g/mol. The van der Waals surface area contributed by atoms with Gasteiger partial charge in [0.1, 0.15) is 0 Å². The van der Waals surface area contributed by atoms with Crippen LogP contribution in [0.25, 0.3) is 0 Å². The van der Waals surface area contributed by atoms with Crippen LogP contribution in [0.1, 0.15) is 60.8 Å². The Kier molecular flexibility index (Phi) is 3.68. The van der Waals surface area contributed by atoms with E-state index in [1.165, 1.54) is 18.3 Å². The van der Waals surface area contributed by atoms with Gasteiger partial charge in [-0.05, 0) is 64.3 Å². The molecule has 1 fully saturated rings. The van der Waals surface area contributed by atoms with Crippen molar-refractivity contribution in [3.05, 3.63) is 11.5 Å². The summed E-state index contributed by atoms with van der Waals surface area (Å²) in [5.74, 6) is 1.61. The molecule has 0 radical (unpaired) electrons. The van der Waals surface area contributed by atoms with Crippen molar-refractivity contribution in [1.29, 1.82) is 0 Å². The minimum absolute atomic E-state index is 0.122. The van der Waals surface area contributed by atoms with Gasteiger partial charge in [0.05, 0.1) is 11.2 Å². The summed E-state index contributed by atoms with van der Waals surface area (Å²) in [5, 5.41) is 0. The molecule has 0 amide bonds. The maximum absolute atomic E-state index is 6.11. The molecule has 1 heterocycles.